The van der Waals surface area contributed by atoms with Gasteiger partial charge in [-0.25, -0.2) is 4.98 Å². The van der Waals surface area contributed by atoms with Gasteiger partial charge >= 0.3 is 5.97 Å². The fraction of sp³-hybridized carbons (Fsp3) is 0.750. The molecule has 2 aliphatic carbocycles. The quantitative estimate of drug-likeness (QED) is 0.483. The third kappa shape index (κ3) is 5.96. The number of hydrogen-bond acceptors (Lipinski definition) is 5. The maximum absolute atomic E-state index is 11.8. The molecule has 4 heterocycles. The molecule has 2 unspecified atom stereocenters. The molecule has 0 spiro atoms. The Morgan fingerprint density at radius 3 is 2.16 bits per heavy atom. The number of piperidine rings is 3. The lowest BCUT2D eigenvalue weighted by Crippen LogP contribution is -2.49. The van der Waals surface area contributed by atoms with Crippen molar-refractivity contribution in [3.63, 3.8) is 0 Å². The van der Waals surface area contributed by atoms with E-state index in [0.29, 0.717) is 18.1 Å². The van der Waals surface area contributed by atoms with Crippen LogP contribution in [-0.2, 0) is 16.1 Å². The fourth-order valence-corrected chi connectivity index (χ4v) is 8.38. The lowest BCUT2D eigenvalue weighted by Gasteiger charge is -2.41. The second-order valence-electron chi connectivity index (χ2n) is 12.9. The number of nitrogens with one attached hydrogen (secondary N) is 1. The van der Waals surface area contributed by atoms with E-state index in [4.69, 9.17) is 9.72 Å². The van der Waals surface area contributed by atoms with Crippen LogP contribution in [0.15, 0.2) is 24.3 Å². The highest BCUT2D eigenvalue weighted by Crippen LogP contribution is 2.39. The van der Waals surface area contributed by atoms with Crippen molar-refractivity contribution in [2.75, 3.05) is 20.2 Å². The average Bonchev–Trinajstić information content (AvgIpc) is 3.31. The van der Waals surface area contributed by atoms with E-state index in [1.807, 2.05) is 0 Å². The van der Waals surface area contributed by atoms with Crippen LogP contribution in [0.5, 0.6) is 0 Å². The number of esters is 1. The molecule has 1 aromatic carbocycles. The van der Waals surface area contributed by atoms with E-state index in [1.165, 1.54) is 63.4 Å². The highest BCUT2D eigenvalue weighted by molar-refractivity contribution is 5.76. The van der Waals surface area contributed by atoms with E-state index in [1.54, 1.807) is 32.1 Å². The average molecular weight is 521 g/mol. The molecule has 1 N–H and O–H groups in total. The minimum atomic E-state index is -0.0573. The number of para-hydroxylation sites is 2. The summed E-state index contributed by atoms with van der Waals surface area (Å²) in [6.45, 7) is 2.72. The first-order valence-electron chi connectivity index (χ1n) is 15.7. The summed E-state index contributed by atoms with van der Waals surface area (Å²) in [5.74, 6) is 3.49. The van der Waals surface area contributed by atoms with E-state index < -0.39 is 0 Å². The van der Waals surface area contributed by atoms with Gasteiger partial charge in [0, 0.05) is 18.1 Å². The van der Waals surface area contributed by atoms with Crippen LogP contribution in [0.25, 0.3) is 11.0 Å². The molecule has 3 aliphatic heterocycles. The number of ether oxygens (including phenoxy) is 1. The number of nitrogens with zero attached hydrogens (tertiary/aromatic N) is 3. The zero-order valence-corrected chi connectivity index (χ0v) is 23.5. The van der Waals surface area contributed by atoms with Gasteiger partial charge in [-0.1, -0.05) is 57.1 Å². The number of carbonyl (C=O) groups excluding carboxylic acids is 1. The molecule has 6 nitrogen and oxygen atoms in total. The number of fused-ring (bicyclic) bond motifs is 5. The minimum absolute atomic E-state index is 0.0545. The predicted molar refractivity (Wildman–Crippen MR) is 152 cm³/mol. The molecule has 7 rings (SSSR count). The molecule has 2 saturated carbocycles. The number of rotatable bonds is 4. The van der Waals surface area contributed by atoms with Crippen LogP contribution >= 0.6 is 0 Å². The molecule has 2 atom stereocenters. The van der Waals surface area contributed by atoms with Gasteiger partial charge in [0.2, 0.25) is 0 Å². The van der Waals surface area contributed by atoms with Crippen LogP contribution in [0.4, 0.5) is 0 Å². The number of methoxy groups -OCH3 is 1. The molecule has 5 fully saturated rings. The summed E-state index contributed by atoms with van der Waals surface area (Å²) in [6, 6.07) is 10.4. The monoisotopic (exact) mass is 520 g/mol. The van der Waals surface area contributed by atoms with Crippen molar-refractivity contribution in [1.29, 1.82) is 0 Å². The van der Waals surface area contributed by atoms with Crippen molar-refractivity contribution >= 4 is 17.0 Å². The van der Waals surface area contributed by atoms with Gasteiger partial charge in [0.1, 0.15) is 5.82 Å². The normalized spacial score (nSPS) is 31.9. The molecule has 6 heteroatoms. The Balaban J connectivity index is 0.000000246. The molecule has 208 valence electrons. The van der Waals surface area contributed by atoms with Crippen molar-refractivity contribution in [2.24, 2.45) is 17.8 Å². The van der Waals surface area contributed by atoms with Crippen LogP contribution in [0, 0.1) is 17.8 Å². The maximum atomic E-state index is 11.8. The Morgan fingerprint density at radius 1 is 0.895 bits per heavy atom. The Bertz CT molecular complexity index is 1040. The fourth-order valence-electron chi connectivity index (χ4n) is 8.38. The van der Waals surface area contributed by atoms with E-state index in [2.05, 4.69) is 39.0 Å². The molecule has 38 heavy (non-hydrogen) atoms. The van der Waals surface area contributed by atoms with Gasteiger partial charge in [-0.3, -0.25) is 9.69 Å². The van der Waals surface area contributed by atoms with Crippen molar-refractivity contribution < 1.29 is 9.53 Å². The van der Waals surface area contributed by atoms with Gasteiger partial charge in [-0.15, -0.1) is 0 Å². The topological polar surface area (TPSA) is 59.4 Å². The zero-order chi connectivity index (χ0) is 25.9. The second kappa shape index (κ2) is 12.1. The summed E-state index contributed by atoms with van der Waals surface area (Å²) in [5, 5.41) is 3.83. The van der Waals surface area contributed by atoms with Gasteiger partial charge in [0.05, 0.1) is 30.6 Å². The summed E-state index contributed by atoms with van der Waals surface area (Å²) < 4.78 is 7.49. The Hall–Kier alpha value is -1.92. The summed E-state index contributed by atoms with van der Waals surface area (Å²) in [6.07, 6.45) is 19.0. The summed E-state index contributed by atoms with van der Waals surface area (Å²) in [5.41, 5.74) is 2.38. The van der Waals surface area contributed by atoms with Crippen molar-refractivity contribution in [2.45, 2.75) is 115 Å². The van der Waals surface area contributed by atoms with Crippen LogP contribution in [-0.4, -0.2) is 52.7 Å². The second-order valence-corrected chi connectivity index (χ2v) is 12.9. The highest BCUT2D eigenvalue weighted by atomic mass is 16.5. The number of aromatic nitrogens is 2. The Morgan fingerprint density at radius 2 is 1.53 bits per heavy atom. The van der Waals surface area contributed by atoms with Gasteiger partial charge in [-0.05, 0) is 82.0 Å². The molecular formula is C32H48N4O2. The molecule has 1 aromatic heterocycles. The molecule has 3 saturated heterocycles. The standard InChI is InChI=1S/C23H32N4O2.C9H16/c1-29-23(28)16-9-11-26(12-10-16)15-22-25-20-7-2-3-8-21(20)27(22)19-13-17-5-4-6-18(14-19)24-17;1-3-8-5-2-6-9(4-1)7-8/h2-3,7-8,16-19,24H,4-6,9-15H2,1H3;8-9H,1-7H2. The molecular weight excluding hydrogens is 472 g/mol. The molecule has 0 radical (unpaired) electrons. The minimum Gasteiger partial charge on any atom is -0.469 e. The van der Waals surface area contributed by atoms with Crippen LogP contribution in [0.3, 0.4) is 0 Å². The third-order valence-electron chi connectivity index (χ3n) is 10.3. The zero-order valence-electron chi connectivity index (χ0n) is 23.5. The van der Waals surface area contributed by atoms with Crippen LogP contribution < -0.4 is 5.32 Å². The van der Waals surface area contributed by atoms with Gasteiger partial charge in [0.15, 0.2) is 0 Å². The van der Waals surface area contributed by atoms with E-state index in [9.17, 15) is 4.79 Å². The number of hydrogen-bond donors (Lipinski definition) is 1. The molecule has 4 bridgehead atoms. The summed E-state index contributed by atoms with van der Waals surface area (Å²) in [4.78, 5) is 19.4. The van der Waals surface area contributed by atoms with Gasteiger partial charge in [-0.2, -0.15) is 0 Å². The molecule has 0 amide bonds. The number of imidazole rings is 1. The largest absolute Gasteiger partial charge is 0.469 e. The van der Waals surface area contributed by atoms with Gasteiger partial charge < -0.3 is 14.6 Å². The predicted octanol–water partition coefficient (Wildman–Crippen LogP) is 6.24. The van der Waals surface area contributed by atoms with Crippen LogP contribution in [0.1, 0.15) is 102 Å². The summed E-state index contributed by atoms with van der Waals surface area (Å²) >= 11 is 0. The first-order valence-corrected chi connectivity index (χ1v) is 15.7. The summed E-state index contributed by atoms with van der Waals surface area (Å²) in [7, 11) is 1.49. The Labute approximate surface area is 228 Å². The highest BCUT2D eigenvalue weighted by Gasteiger charge is 2.34. The lowest BCUT2D eigenvalue weighted by atomic mass is 9.72. The van der Waals surface area contributed by atoms with E-state index in [0.717, 1.165) is 49.8 Å². The van der Waals surface area contributed by atoms with Crippen molar-refractivity contribution in [1.82, 2.24) is 19.8 Å². The van der Waals surface area contributed by atoms with E-state index >= 15 is 0 Å². The lowest BCUT2D eigenvalue weighted by molar-refractivity contribution is -0.147. The number of likely N-dealkylation sites (tertiary alicyclic amines) is 1. The Kier molecular flexibility index (Phi) is 8.36. The smallest absolute Gasteiger partial charge is 0.308 e. The SMILES string of the molecule is C1CC2CCCC(C1)C2.COC(=O)C1CCN(Cc2nc3ccccc3n2C2CC3CCCC(C2)N3)CC1. The first-order chi connectivity index (χ1) is 18.7. The number of carbonyl (C=O) groups is 1. The maximum Gasteiger partial charge on any atom is 0.308 e. The van der Waals surface area contributed by atoms with Crippen LogP contribution in [0.2, 0.25) is 0 Å². The number of benzene rings is 1. The molecule has 5 aliphatic rings. The van der Waals surface area contributed by atoms with E-state index in [-0.39, 0.29) is 11.9 Å². The molecule has 2 aromatic rings. The van der Waals surface area contributed by atoms with Crippen molar-refractivity contribution in [3.05, 3.63) is 30.1 Å². The van der Waals surface area contributed by atoms with Crippen molar-refractivity contribution in [3.8, 4) is 0 Å². The first kappa shape index (κ1) is 26.3. The third-order valence-corrected chi connectivity index (χ3v) is 10.3. The van der Waals surface area contributed by atoms with Gasteiger partial charge in [0.25, 0.3) is 0 Å².